The lowest BCUT2D eigenvalue weighted by Crippen LogP contribution is -1.97. The molecule has 0 saturated carbocycles. The molecule has 8 heteroatoms. The van der Waals surface area contributed by atoms with Crippen molar-refractivity contribution in [2.24, 2.45) is 0 Å². The lowest BCUT2D eigenvalue weighted by atomic mass is 10.1. The molecule has 170 valence electrons. The van der Waals surface area contributed by atoms with Crippen molar-refractivity contribution < 1.29 is 23.4 Å². The minimum atomic E-state index is -2.46. The van der Waals surface area contributed by atoms with Gasteiger partial charge in [-0.1, -0.05) is 38.0 Å². The van der Waals surface area contributed by atoms with Crippen LogP contribution in [0.2, 0.25) is 0 Å². The highest BCUT2D eigenvalue weighted by molar-refractivity contribution is 5.84. The van der Waals surface area contributed by atoms with Gasteiger partial charge < -0.3 is 30.7 Å². The van der Waals surface area contributed by atoms with Gasteiger partial charge in [0, 0.05) is 39.3 Å². The van der Waals surface area contributed by atoms with Gasteiger partial charge in [0.15, 0.2) is 11.2 Å². The van der Waals surface area contributed by atoms with Crippen molar-refractivity contribution in [3.63, 3.8) is 0 Å². The van der Waals surface area contributed by atoms with E-state index < -0.39 is 12.6 Å². The van der Waals surface area contributed by atoms with Crippen LogP contribution in [-0.2, 0) is 6.56 Å². The van der Waals surface area contributed by atoms with E-state index in [9.17, 15) is 10.2 Å². The Morgan fingerprint density at radius 2 is 1.42 bits per heavy atom. The Labute approximate surface area is 187 Å². The van der Waals surface area contributed by atoms with Crippen molar-refractivity contribution >= 4 is 33.3 Å². The summed E-state index contributed by atoms with van der Waals surface area (Å²) >= 11 is 0. The van der Waals surface area contributed by atoms with Gasteiger partial charge in [-0.3, -0.25) is 0 Å². The molecule has 1 atom stereocenters. The fourth-order valence-corrected chi connectivity index (χ4v) is 2.65. The minimum Gasteiger partial charge on any atom is -0.398 e. The molecule has 0 spiro atoms. The molecule has 2 aromatic carbocycles. The van der Waals surface area contributed by atoms with Crippen molar-refractivity contribution in [3.8, 4) is 0 Å². The SMILES string of the molecule is CC.CC.[2H]C(C)(O)c1cc2onc(C)c2cc1N.[2H]C([2H])(O)c1cc2c(C)noc2cc1N. The van der Waals surface area contributed by atoms with E-state index in [0.29, 0.717) is 33.5 Å². The average molecular weight is 434 g/mol. The van der Waals surface area contributed by atoms with Crippen LogP contribution in [0.3, 0.4) is 0 Å². The first kappa shape index (κ1) is 21.1. The van der Waals surface area contributed by atoms with Crippen LogP contribution in [0, 0.1) is 13.8 Å². The molecule has 0 aliphatic heterocycles. The van der Waals surface area contributed by atoms with Crippen molar-refractivity contribution in [2.75, 3.05) is 11.5 Å². The first-order valence-electron chi connectivity index (χ1n) is 11.6. The van der Waals surface area contributed by atoms with Crippen LogP contribution in [0.1, 0.15) is 67.3 Å². The zero-order valence-electron chi connectivity index (χ0n) is 22.1. The van der Waals surface area contributed by atoms with Crippen LogP contribution in [0.4, 0.5) is 11.4 Å². The zero-order chi connectivity index (χ0) is 26.4. The van der Waals surface area contributed by atoms with E-state index in [2.05, 4.69) is 10.3 Å². The number of benzene rings is 2. The normalized spacial score (nSPS) is 13.9. The van der Waals surface area contributed by atoms with Gasteiger partial charge in [0.2, 0.25) is 0 Å². The van der Waals surface area contributed by atoms with Gasteiger partial charge in [-0.25, -0.2) is 0 Å². The average Bonchev–Trinajstić information content (AvgIpc) is 3.31. The Morgan fingerprint density at radius 1 is 0.935 bits per heavy atom. The number of anilines is 2. The summed E-state index contributed by atoms with van der Waals surface area (Å²) in [6, 6.07) is 6.13. The highest BCUT2D eigenvalue weighted by Crippen LogP contribution is 2.28. The number of nitrogens with two attached hydrogens (primary N) is 2. The largest absolute Gasteiger partial charge is 0.398 e. The number of aryl methyl sites for hydroxylation is 2. The second kappa shape index (κ2) is 11.9. The lowest BCUT2D eigenvalue weighted by molar-refractivity contribution is 0.200. The van der Waals surface area contributed by atoms with Crippen LogP contribution in [0.15, 0.2) is 33.3 Å². The standard InChI is InChI=1S/C10H12N2O2.C9H10N2O2.2C2H6/c1-5-7-3-9(11)8(6(2)13)4-10(7)14-12-5;1-5-7-2-6(4-12)8(10)3-9(7)13-11-5;2*1-2/h3-4,6,13H,11H2,1-2H3;2-3,12H,4,10H2,1H3;2*1-2H3/i6D;4D2;;. The predicted octanol–water partition coefficient (Wildman–Crippen LogP) is 5.03. The molecule has 2 aromatic heterocycles. The van der Waals surface area contributed by atoms with Crippen molar-refractivity contribution in [1.29, 1.82) is 0 Å². The number of hydrogen-bond donors (Lipinski definition) is 4. The summed E-state index contributed by atoms with van der Waals surface area (Å²) < 4.78 is 31.9. The maximum absolute atomic E-state index is 9.56. The molecule has 2 heterocycles. The smallest absolute Gasteiger partial charge is 0.169 e. The molecular weight excluding hydrogens is 396 g/mol. The van der Waals surface area contributed by atoms with E-state index in [1.165, 1.54) is 19.1 Å². The molecule has 0 bridgehead atoms. The molecule has 0 radical (unpaired) electrons. The first-order valence-corrected chi connectivity index (χ1v) is 10.1. The summed E-state index contributed by atoms with van der Waals surface area (Å²) in [6.45, 7) is 10.4. The fraction of sp³-hybridized carbons (Fsp3) is 0.391. The third kappa shape index (κ3) is 5.96. The Kier molecular flexibility index (Phi) is 8.13. The summed E-state index contributed by atoms with van der Waals surface area (Å²) in [7, 11) is 0. The highest BCUT2D eigenvalue weighted by Gasteiger charge is 2.11. The summed E-state index contributed by atoms with van der Waals surface area (Å²) in [6.07, 6.45) is -1.72. The van der Waals surface area contributed by atoms with E-state index in [0.717, 1.165) is 11.1 Å². The van der Waals surface area contributed by atoms with Crippen molar-refractivity contribution in [1.82, 2.24) is 10.3 Å². The summed E-state index contributed by atoms with van der Waals surface area (Å²) in [5.74, 6) is 0. The quantitative estimate of drug-likeness (QED) is 0.322. The second-order valence-electron chi connectivity index (χ2n) is 6.10. The molecule has 1 unspecified atom stereocenters. The third-order valence-corrected chi connectivity index (χ3v) is 4.16. The number of aliphatic hydroxyl groups is 2. The molecule has 0 amide bonds. The number of aromatic nitrogens is 2. The van der Waals surface area contributed by atoms with E-state index in [4.69, 9.17) is 24.6 Å². The third-order valence-electron chi connectivity index (χ3n) is 4.16. The Hall–Kier alpha value is -3.10. The van der Waals surface area contributed by atoms with Crippen molar-refractivity contribution in [2.45, 2.75) is 61.1 Å². The molecule has 4 rings (SSSR count). The second-order valence-corrected chi connectivity index (χ2v) is 6.10. The molecule has 6 N–H and O–H groups in total. The van der Waals surface area contributed by atoms with Gasteiger partial charge in [0.05, 0.1) is 28.1 Å². The molecule has 31 heavy (non-hydrogen) atoms. The van der Waals surface area contributed by atoms with Crippen LogP contribution in [0.25, 0.3) is 21.9 Å². The number of hydrogen-bond acceptors (Lipinski definition) is 8. The van der Waals surface area contributed by atoms with E-state index in [1.54, 1.807) is 19.1 Å². The van der Waals surface area contributed by atoms with Gasteiger partial charge in [0.1, 0.15) is 0 Å². The molecule has 8 nitrogen and oxygen atoms in total. The number of fused-ring (bicyclic) bond motifs is 2. The Balaban J connectivity index is 0.000000297. The Morgan fingerprint density at radius 3 is 1.90 bits per heavy atom. The van der Waals surface area contributed by atoms with Crippen molar-refractivity contribution in [3.05, 3.63) is 46.8 Å². The topological polar surface area (TPSA) is 145 Å². The van der Waals surface area contributed by atoms with E-state index in [-0.39, 0.29) is 11.3 Å². The molecule has 0 fully saturated rings. The summed E-state index contributed by atoms with van der Waals surface area (Å²) in [5.41, 5.74) is 14.6. The summed E-state index contributed by atoms with van der Waals surface area (Å²) in [5, 5.41) is 27.8. The zero-order valence-corrected chi connectivity index (χ0v) is 19.1. The van der Waals surface area contributed by atoms with Gasteiger partial charge in [-0.05, 0) is 39.0 Å². The Bertz CT molecular complexity index is 1230. The van der Waals surface area contributed by atoms with E-state index >= 15 is 0 Å². The van der Waals surface area contributed by atoms with Gasteiger partial charge >= 0.3 is 0 Å². The monoisotopic (exact) mass is 433 g/mol. The fourth-order valence-electron chi connectivity index (χ4n) is 2.65. The number of rotatable bonds is 2. The minimum absolute atomic E-state index is 0.0290. The van der Waals surface area contributed by atoms with Crippen LogP contribution in [-0.4, -0.2) is 20.5 Å². The van der Waals surface area contributed by atoms with Gasteiger partial charge in [-0.2, -0.15) is 0 Å². The van der Waals surface area contributed by atoms with Crippen LogP contribution >= 0.6 is 0 Å². The maximum Gasteiger partial charge on any atom is 0.169 e. The van der Waals surface area contributed by atoms with Gasteiger partial charge in [-0.15, -0.1) is 0 Å². The van der Waals surface area contributed by atoms with Crippen LogP contribution in [0.5, 0.6) is 0 Å². The predicted molar refractivity (Wildman–Crippen MR) is 126 cm³/mol. The number of nitrogens with zero attached hydrogens (tertiary/aromatic N) is 2. The van der Waals surface area contributed by atoms with Crippen LogP contribution < -0.4 is 11.5 Å². The molecule has 0 aliphatic rings. The maximum atomic E-state index is 9.56. The highest BCUT2D eigenvalue weighted by atomic mass is 16.5. The molecule has 0 aliphatic carbocycles. The summed E-state index contributed by atoms with van der Waals surface area (Å²) in [4.78, 5) is 0. The first-order chi connectivity index (χ1) is 15.8. The lowest BCUT2D eigenvalue weighted by Gasteiger charge is -2.07. The molecular formula is C23H34N4O4. The molecule has 4 aromatic rings. The van der Waals surface area contributed by atoms with Gasteiger partial charge in [0.25, 0.3) is 0 Å². The van der Waals surface area contributed by atoms with E-state index in [1.807, 2.05) is 34.6 Å². The number of nitrogen functional groups attached to an aromatic ring is 2. The molecule has 0 saturated heterocycles.